The van der Waals surface area contributed by atoms with E-state index in [1.165, 1.54) is 0 Å². The fourth-order valence-corrected chi connectivity index (χ4v) is 2.08. The maximum Gasteiger partial charge on any atom is 0.224 e. The minimum atomic E-state index is 0.0769. The Morgan fingerprint density at radius 3 is 2.94 bits per heavy atom. The number of anilines is 2. The summed E-state index contributed by atoms with van der Waals surface area (Å²) in [5, 5.41) is 9.47. The van der Waals surface area contributed by atoms with Crippen molar-refractivity contribution in [2.45, 2.75) is 12.8 Å². The zero-order chi connectivity index (χ0) is 11.8. The molecule has 0 radical (unpaired) electrons. The summed E-state index contributed by atoms with van der Waals surface area (Å²) < 4.78 is 0. The van der Waals surface area contributed by atoms with Gasteiger partial charge in [0.2, 0.25) is 5.91 Å². The second-order valence-electron chi connectivity index (χ2n) is 4.12. The number of H-pyrrole nitrogens is 1. The molecule has 1 amide bonds. The summed E-state index contributed by atoms with van der Waals surface area (Å²) in [5.74, 6) is 0.637. The van der Waals surface area contributed by atoms with Crippen LogP contribution in [-0.2, 0) is 11.2 Å². The van der Waals surface area contributed by atoms with Gasteiger partial charge < -0.3 is 11.1 Å². The highest BCUT2D eigenvalue weighted by Crippen LogP contribution is 2.30. The lowest BCUT2D eigenvalue weighted by molar-refractivity contribution is -0.116. The zero-order valence-electron chi connectivity index (χ0n) is 9.16. The van der Waals surface area contributed by atoms with Gasteiger partial charge in [-0.25, -0.2) is 0 Å². The van der Waals surface area contributed by atoms with Crippen molar-refractivity contribution in [3.8, 4) is 11.1 Å². The van der Waals surface area contributed by atoms with E-state index in [0.29, 0.717) is 12.2 Å². The molecule has 0 bridgehead atoms. The summed E-state index contributed by atoms with van der Waals surface area (Å²) in [7, 11) is 0. The first kappa shape index (κ1) is 9.89. The van der Waals surface area contributed by atoms with E-state index in [2.05, 4.69) is 21.6 Å². The Morgan fingerprint density at radius 1 is 1.29 bits per heavy atom. The number of rotatable bonds is 1. The summed E-state index contributed by atoms with van der Waals surface area (Å²) in [5.41, 5.74) is 9.73. The number of nitrogens with one attached hydrogen (secondary N) is 2. The lowest BCUT2D eigenvalue weighted by Gasteiger charge is -2.17. The Labute approximate surface area is 98.0 Å². The molecule has 5 heteroatoms. The molecule has 5 nitrogen and oxygen atoms in total. The smallest absolute Gasteiger partial charge is 0.224 e. The van der Waals surface area contributed by atoms with Gasteiger partial charge in [-0.05, 0) is 29.7 Å². The number of amides is 1. The van der Waals surface area contributed by atoms with E-state index in [1.807, 2.05) is 12.1 Å². The number of fused-ring (bicyclic) bond motifs is 1. The van der Waals surface area contributed by atoms with Gasteiger partial charge in [-0.3, -0.25) is 9.89 Å². The molecule has 17 heavy (non-hydrogen) atoms. The molecule has 3 rings (SSSR count). The van der Waals surface area contributed by atoms with Crippen LogP contribution < -0.4 is 11.1 Å². The maximum absolute atomic E-state index is 11.2. The zero-order valence-corrected chi connectivity index (χ0v) is 9.16. The van der Waals surface area contributed by atoms with Crippen LogP contribution in [0.15, 0.2) is 24.4 Å². The van der Waals surface area contributed by atoms with Crippen molar-refractivity contribution < 1.29 is 4.79 Å². The predicted octanol–water partition coefficient (Wildman–Crippen LogP) is 1.54. The first-order valence-corrected chi connectivity index (χ1v) is 5.46. The summed E-state index contributed by atoms with van der Waals surface area (Å²) in [6.07, 6.45) is 3.02. The molecule has 0 aliphatic carbocycles. The van der Waals surface area contributed by atoms with E-state index in [0.717, 1.165) is 28.8 Å². The fraction of sp³-hybridized carbons (Fsp3) is 0.167. The van der Waals surface area contributed by atoms with Crippen LogP contribution >= 0.6 is 0 Å². The second kappa shape index (κ2) is 3.62. The van der Waals surface area contributed by atoms with Crippen molar-refractivity contribution in [3.05, 3.63) is 30.0 Å². The third-order valence-electron chi connectivity index (χ3n) is 2.98. The van der Waals surface area contributed by atoms with E-state index in [1.54, 1.807) is 6.20 Å². The number of nitrogens with two attached hydrogens (primary N) is 1. The SMILES string of the molecule is Nc1[nH]ncc1-c1ccc2c(c1)CCC(=O)N2. The van der Waals surface area contributed by atoms with Gasteiger partial charge >= 0.3 is 0 Å². The van der Waals surface area contributed by atoms with Crippen LogP contribution in [0.4, 0.5) is 11.5 Å². The van der Waals surface area contributed by atoms with Crippen LogP contribution in [0.25, 0.3) is 11.1 Å². The molecule has 0 atom stereocenters. The number of aromatic amines is 1. The number of carbonyl (C=O) groups excluding carboxylic acids is 1. The normalized spacial score (nSPS) is 14.2. The number of benzene rings is 1. The predicted molar refractivity (Wildman–Crippen MR) is 65.4 cm³/mol. The highest BCUT2D eigenvalue weighted by atomic mass is 16.1. The van der Waals surface area contributed by atoms with Crippen LogP contribution in [0.5, 0.6) is 0 Å². The molecule has 1 aromatic carbocycles. The van der Waals surface area contributed by atoms with E-state index < -0.39 is 0 Å². The average Bonchev–Trinajstić information content (AvgIpc) is 2.75. The largest absolute Gasteiger partial charge is 0.384 e. The van der Waals surface area contributed by atoms with E-state index in [9.17, 15) is 4.79 Å². The monoisotopic (exact) mass is 228 g/mol. The Balaban J connectivity index is 2.05. The number of nitrogen functional groups attached to an aromatic ring is 1. The Kier molecular flexibility index (Phi) is 2.11. The molecule has 1 aliphatic heterocycles. The minimum absolute atomic E-state index is 0.0769. The minimum Gasteiger partial charge on any atom is -0.384 e. The number of aromatic nitrogens is 2. The summed E-state index contributed by atoms with van der Waals surface area (Å²) in [4.78, 5) is 11.2. The molecule has 0 unspecified atom stereocenters. The standard InChI is InChI=1S/C12H12N4O/c13-12-9(6-14-16-12)7-1-3-10-8(5-7)2-4-11(17)15-10/h1,3,5-6H,2,4H2,(H,15,17)(H3,13,14,16). The van der Waals surface area contributed by atoms with E-state index >= 15 is 0 Å². The highest BCUT2D eigenvalue weighted by Gasteiger charge is 2.15. The third kappa shape index (κ3) is 1.65. The molecule has 2 heterocycles. The van der Waals surface area contributed by atoms with Gasteiger partial charge in [0.25, 0.3) is 0 Å². The molecule has 0 spiro atoms. The number of nitrogens with zero attached hydrogens (tertiary/aromatic N) is 1. The van der Waals surface area contributed by atoms with Crippen LogP contribution in [0.1, 0.15) is 12.0 Å². The molecule has 0 saturated heterocycles. The molecule has 0 saturated carbocycles. The van der Waals surface area contributed by atoms with Gasteiger partial charge in [0.15, 0.2) is 0 Å². The average molecular weight is 228 g/mol. The van der Waals surface area contributed by atoms with Gasteiger partial charge in [-0.15, -0.1) is 0 Å². The number of hydrogen-bond acceptors (Lipinski definition) is 3. The number of carbonyl (C=O) groups is 1. The van der Waals surface area contributed by atoms with E-state index in [-0.39, 0.29) is 5.91 Å². The van der Waals surface area contributed by atoms with Gasteiger partial charge in [0, 0.05) is 17.7 Å². The summed E-state index contributed by atoms with van der Waals surface area (Å²) in [6, 6.07) is 5.90. The quantitative estimate of drug-likeness (QED) is 0.692. The van der Waals surface area contributed by atoms with Crippen molar-refractivity contribution in [2.75, 3.05) is 11.1 Å². The molecule has 86 valence electrons. The van der Waals surface area contributed by atoms with Crippen LogP contribution in [0.2, 0.25) is 0 Å². The van der Waals surface area contributed by atoms with Crippen LogP contribution in [0.3, 0.4) is 0 Å². The van der Waals surface area contributed by atoms with Gasteiger partial charge in [0.1, 0.15) is 5.82 Å². The third-order valence-corrected chi connectivity index (χ3v) is 2.98. The molecule has 0 fully saturated rings. The Hall–Kier alpha value is -2.30. The van der Waals surface area contributed by atoms with Crippen molar-refractivity contribution in [2.24, 2.45) is 0 Å². The van der Waals surface area contributed by atoms with Crippen LogP contribution in [0, 0.1) is 0 Å². The molecular weight excluding hydrogens is 216 g/mol. The molecule has 2 aromatic rings. The van der Waals surface area contributed by atoms with Crippen molar-refractivity contribution in [1.29, 1.82) is 0 Å². The lowest BCUT2D eigenvalue weighted by atomic mass is 9.98. The Morgan fingerprint density at radius 2 is 2.18 bits per heavy atom. The fourth-order valence-electron chi connectivity index (χ4n) is 2.08. The topological polar surface area (TPSA) is 83.8 Å². The number of hydrogen-bond donors (Lipinski definition) is 3. The molecule has 1 aromatic heterocycles. The molecule has 4 N–H and O–H groups in total. The first-order valence-electron chi connectivity index (χ1n) is 5.46. The van der Waals surface area contributed by atoms with Crippen molar-refractivity contribution >= 4 is 17.4 Å². The lowest BCUT2D eigenvalue weighted by Crippen LogP contribution is -2.18. The summed E-state index contributed by atoms with van der Waals surface area (Å²) >= 11 is 0. The van der Waals surface area contributed by atoms with Crippen molar-refractivity contribution in [3.63, 3.8) is 0 Å². The van der Waals surface area contributed by atoms with Gasteiger partial charge in [-0.2, -0.15) is 5.10 Å². The highest BCUT2D eigenvalue weighted by molar-refractivity contribution is 5.94. The van der Waals surface area contributed by atoms with Gasteiger partial charge in [-0.1, -0.05) is 6.07 Å². The summed E-state index contributed by atoms with van der Waals surface area (Å²) in [6.45, 7) is 0. The Bertz CT molecular complexity index is 588. The maximum atomic E-state index is 11.2. The van der Waals surface area contributed by atoms with E-state index in [4.69, 9.17) is 5.73 Å². The molecule has 1 aliphatic rings. The van der Waals surface area contributed by atoms with Crippen molar-refractivity contribution in [1.82, 2.24) is 10.2 Å². The first-order chi connectivity index (χ1) is 8.24. The number of aryl methyl sites for hydroxylation is 1. The van der Waals surface area contributed by atoms with Crippen LogP contribution in [-0.4, -0.2) is 16.1 Å². The second-order valence-corrected chi connectivity index (χ2v) is 4.12. The van der Waals surface area contributed by atoms with Gasteiger partial charge in [0.05, 0.1) is 6.20 Å². The molecular formula is C12H12N4O.